The molecule has 0 aromatic heterocycles. The van der Waals surface area contributed by atoms with Crippen molar-refractivity contribution in [2.45, 2.75) is 13.8 Å². The molecule has 1 N–H and O–H groups in total. The van der Waals surface area contributed by atoms with Gasteiger partial charge in [-0.2, -0.15) is 0 Å². The third kappa shape index (κ3) is 5.96. The van der Waals surface area contributed by atoms with Gasteiger partial charge in [-0.1, -0.05) is 13.8 Å². The zero-order chi connectivity index (χ0) is 5.15. The molecular formula is C4H8NiO2. The van der Waals surface area contributed by atoms with Crippen LogP contribution in [-0.2, 0) is 21.3 Å². The molecule has 0 unspecified atom stereocenters. The molecule has 7 heavy (non-hydrogen) atoms. The van der Waals surface area contributed by atoms with Gasteiger partial charge in [-0.15, -0.1) is 0 Å². The van der Waals surface area contributed by atoms with Crippen molar-refractivity contribution in [3.8, 4) is 0 Å². The summed E-state index contributed by atoms with van der Waals surface area (Å²) < 4.78 is 0. The number of hydrogen-bond donors (Lipinski definition) is 1. The molecule has 0 saturated heterocycles. The molecule has 3 heteroatoms. The summed E-state index contributed by atoms with van der Waals surface area (Å²) in [5.41, 5.74) is 0. The monoisotopic (exact) mass is 146 g/mol. The molecule has 0 heterocycles. The van der Waals surface area contributed by atoms with Crippen molar-refractivity contribution in [1.29, 1.82) is 0 Å². The van der Waals surface area contributed by atoms with Gasteiger partial charge >= 0.3 is 5.97 Å². The maximum atomic E-state index is 9.70. The maximum absolute atomic E-state index is 9.70. The number of hydrogen-bond acceptors (Lipinski definition) is 1. The Morgan fingerprint density at radius 3 is 1.71 bits per heavy atom. The van der Waals surface area contributed by atoms with Crippen LogP contribution in [-0.4, -0.2) is 11.1 Å². The van der Waals surface area contributed by atoms with Crippen LogP contribution < -0.4 is 0 Å². The minimum atomic E-state index is -0.741. The normalized spacial score (nSPS) is 7.86. The molecule has 0 atom stereocenters. The molecule has 2 nitrogen and oxygen atoms in total. The van der Waals surface area contributed by atoms with Crippen LogP contribution in [0.15, 0.2) is 0 Å². The predicted octanol–water partition coefficient (Wildman–Crippen LogP) is 0.724. The molecule has 0 bridgehead atoms. The number of rotatable bonds is 1. The van der Waals surface area contributed by atoms with Gasteiger partial charge in [-0.25, -0.2) is 0 Å². The van der Waals surface area contributed by atoms with E-state index in [0.717, 1.165) is 0 Å². The standard InChI is InChI=1S/C4H8O2.Ni/c1-3(2)4(5)6;/h3H,1-2H3,(H,5,6);. The van der Waals surface area contributed by atoms with Crippen LogP contribution in [0.4, 0.5) is 0 Å². The van der Waals surface area contributed by atoms with Crippen LogP contribution in [0.2, 0.25) is 0 Å². The molecule has 0 aliphatic rings. The third-order valence-electron chi connectivity index (χ3n) is 0.494. The van der Waals surface area contributed by atoms with Crippen molar-refractivity contribution >= 4 is 5.97 Å². The number of carboxylic acids is 1. The fourth-order valence-corrected chi connectivity index (χ4v) is 0. The fraction of sp³-hybridized carbons (Fsp3) is 0.750. The summed E-state index contributed by atoms with van der Waals surface area (Å²) in [6, 6.07) is 0. The zero-order valence-corrected chi connectivity index (χ0v) is 5.24. The van der Waals surface area contributed by atoms with Crippen molar-refractivity contribution < 1.29 is 26.4 Å². The largest absolute Gasteiger partial charge is 0.481 e. The Balaban J connectivity index is 0. The van der Waals surface area contributed by atoms with E-state index < -0.39 is 5.97 Å². The second-order valence-corrected chi connectivity index (χ2v) is 1.49. The SMILES string of the molecule is CC(C)C(=O)O.[Ni]. The third-order valence-corrected chi connectivity index (χ3v) is 0.494. The summed E-state index contributed by atoms with van der Waals surface area (Å²) >= 11 is 0. The average Bonchev–Trinajstić information content (AvgIpc) is 1.36. The first-order valence-corrected chi connectivity index (χ1v) is 1.87. The van der Waals surface area contributed by atoms with Crippen LogP contribution in [0.3, 0.4) is 0 Å². The van der Waals surface area contributed by atoms with E-state index in [9.17, 15) is 4.79 Å². The van der Waals surface area contributed by atoms with E-state index in [1.807, 2.05) is 0 Å². The van der Waals surface area contributed by atoms with Gasteiger partial charge in [0.25, 0.3) is 0 Å². The van der Waals surface area contributed by atoms with Crippen LogP contribution in [0.5, 0.6) is 0 Å². The number of carbonyl (C=O) groups is 1. The Labute approximate surface area is 52.8 Å². The second kappa shape index (κ2) is 4.13. The van der Waals surface area contributed by atoms with E-state index in [-0.39, 0.29) is 22.4 Å². The first-order chi connectivity index (χ1) is 2.64. The van der Waals surface area contributed by atoms with E-state index in [0.29, 0.717) is 0 Å². The zero-order valence-electron chi connectivity index (χ0n) is 4.25. The molecule has 0 amide bonds. The minimum absolute atomic E-state index is 0. The first-order valence-electron chi connectivity index (χ1n) is 1.87. The molecule has 0 radical (unpaired) electrons. The summed E-state index contributed by atoms with van der Waals surface area (Å²) in [6.07, 6.45) is 0. The minimum Gasteiger partial charge on any atom is -0.481 e. The van der Waals surface area contributed by atoms with Crippen molar-refractivity contribution in [2.75, 3.05) is 0 Å². The summed E-state index contributed by atoms with van der Waals surface area (Å²) in [4.78, 5) is 9.70. The molecule has 0 aromatic rings. The van der Waals surface area contributed by atoms with Gasteiger partial charge in [-0.3, -0.25) is 4.79 Å². The van der Waals surface area contributed by atoms with Gasteiger partial charge < -0.3 is 5.11 Å². The van der Waals surface area contributed by atoms with Crippen LogP contribution in [0, 0.1) is 5.92 Å². The fourth-order valence-electron chi connectivity index (χ4n) is 0. The maximum Gasteiger partial charge on any atom is 0.305 e. The quantitative estimate of drug-likeness (QED) is 0.554. The summed E-state index contributed by atoms with van der Waals surface area (Å²) in [6.45, 7) is 3.28. The average molecular weight is 147 g/mol. The number of aliphatic carboxylic acids is 1. The van der Waals surface area contributed by atoms with Gasteiger partial charge in [-0.05, 0) is 0 Å². The van der Waals surface area contributed by atoms with E-state index in [1.165, 1.54) is 0 Å². The molecule has 0 aliphatic carbocycles. The van der Waals surface area contributed by atoms with Crippen LogP contribution >= 0.6 is 0 Å². The van der Waals surface area contributed by atoms with Crippen molar-refractivity contribution in [2.24, 2.45) is 5.92 Å². The van der Waals surface area contributed by atoms with Crippen LogP contribution in [0.1, 0.15) is 13.8 Å². The molecule has 0 rings (SSSR count). The van der Waals surface area contributed by atoms with E-state index in [2.05, 4.69) is 0 Å². The Hall–Kier alpha value is -0.0365. The Kier molecular flexibility index (Phi) is 5.93. The van der Waals surface area contributed by atoms with Gasteiger partial charge in [0.1, 0.15) is 0 Å². The van der Waals surface area contributed by atoms with Gasteiger partial charge in [0.2, 0.25) is 0 Å². The summed E-state index contributed by atoms with van der Waals surface area (Å²) in [5.74, 6) is -0.972. The Morgan fingerprint density at radius 2 is 1.71 bits per heavy atom. The molecule has 0 aliphatic heterocycles. The van der Waals surface area contributed by atoms with Crippen molar-refractivity contribution in [3.05, 3.63) is 0 Å². The summed E-state index contributed by atoms with van der Waals surface area (Å²) in [7, 11) is 0. The number of carboxylic acid groups (broad SMARTS) is 1. The molecule has 0 fully saturated rings. The van der Waals surface area contributed by atoms with E-state index >= 15 is 0 Å². The van der Waals surface area contributed by atoms with E-state index in [4.69, 9.17) is 5.11 Å². The van der Waals surface area contributed by atoms with Gasteiger partial charge in [0, 0.05) is 16.5 Å². The topological polar surface area (TPSA) is 37.3 Å². The smallest absolute Gasteiger partial charge is 0.305 e. The second-order valence-electron chi connectivity index (χ2n) is 1.49. The Morgan fingerprint density at radius 1 is 1.57 bits per heavy atom. The van der Waals surface area contributed by atoms with Crippen molar-refractivity contribution in [3.63, 3.8) is 0 Å². The van der Waals surface area contributed by atoms with Crippen LogP contribution in [0.25, 0.3) is 0 Å². The van der Waals surface area contributed by atoms with Gasteiger partial charge in [0.15, 0.2) is 0 Å². The molecule has 0 aromatic carbocycles. The predicted molar refractivity (Wildman–Crippen MR) is 22.5 cm³/mol. The molecular weight excluding hydrogens is 139 g/mol. The molecule has 0 spiro atoms. The molecule has 46 valence electrons. The van der Waals surface area contributed by atoms with Gasteiger partial charge in [0.05, 0.1) is 5.92 Å². The first kappa shape index (κ1) is 10.1. The molecule has 0 saturated carbocycles. The Bertz CT molecular complexity index is 60.7. The summed E-state index contributed by atoms with van der Waals surface area (Å²) in [5, 5.41) is 7.99. The van der Waals surface area contributed by atoms with Crippen molar-refractivity contribution in [1.82, 2.24) is 0 Å². The van der Waals surface area contributed by atoms with E-state index in [1.54, 1.807) is 13.8 Å².